The zero-order chi connectivity index (χ0) is 21.1. The monoisotopic (exact) mass is 423 g/mol. The van der Waals surface area contributed by atoms with Gasteiger partial charge < -0.3 is 15.0 Å². The summed E-state index contributed by atoms with van der Waals surface area (Å²) in [6.07, 6.45) is 1.35. The Balaban J connectivity index is 1.36. The predicted octanol–water partition coefficient (Wildman–Crippen LogP) is 3.81. The molecule has 30 heavy (non-hydrogen) atoms. The molecule has 7 nitrogen and oxygen atoms in total. The minimum absolute atomic E-state index is 0.0697. The molecule has 0 unspecified atom stereocenters. The summed E-state index contributed by atoms with van der Waals surface area (Å²) in [6.45, 7) is 0.240. The molecule has 2 heterocycles. The third-order valence-electron chi connectivity index (χ3n) is 4.74. The number of nitrogens with one attached hydrogen (secondary N) is 1. The number of hydrogen-bond acceptors (Lipinski definition) is 5. The van der Waals surface area contributed by atoms with E-state index in [4.69, 9.17) is 16.3 Å². The van der Waals surface area contributed by atoms with Gasteiger partial charge in [0.25, 0.3) is 5.91 Å². The van der Waals surface area contributed by atoms with Crippen LogP contribution in [-0.4, -0.2) is 35.9 Å². The standard InChI is InChI=1S/C22H18ClN3O4/c23-19-9-7-14-11-15(6-8-18(14)25-19)22(29)30-13-20(27)24-16-3-1-4-17(12-16)26-10-2-5-21(26)28/h1,3-4,6-9,11-12H,2,5,10,13H2,(H,24,27). The first-order valence-electron chi connectivity index (χ1n) is 9.43. The van der Waals surface area contributed by atoms with Gasteiger partial charge in [-0.05, 0) is 55.0 Å². The van der Waals surface area contributed by atoms with Crippen LogP contribution in [0.15, 0.2) is 54.6 Å². The van der Waals surface area contributed by atoms with Crippen LogP contribution in [-0.2, 0) is 14.3 Å². The van der Waals surface area contributed by atoms with Crippen LogP contribution in [0.5, 0.6) is 0 Å². The number of amides is 2. The molecule has 1 saturated heterocycles. The van der Waals surface area contributed by atoms with E-state index >= 15 is 0 Å². The zero-order valence-electron chi connectivity index (χ0n) is 15.9. The number of halogens is 1. The normalized spacial score (nSPS) is 13.5. The van der Waals surface area contributed by atoms with E-state index in [1.54, 1.807) is 53.4 Å². The van der Waals surface area contributed by atoms with Crippen molar-refractivity contribution in [2.45, 2.75) is 12.8 Å². The average molecular weight is 424 g/mol. The van der Waals surface area contributed by atoms with E-state index in [1.165, 1.54) is 0 Å². The SMILES string of the molecule is O=C(COC(=O)c1ccc2nc(Cl)ccc2c1)Nc1cccc(N2CCCC2=O)c1. The summed E-state index contributed by atoms with van der Waals surface area (Å²) in [6, 6.07) is 15.3. The molecule has 0 atom stereocenters. The summed E-state index contributed by atoms with van der Waals surface area (Å²) in [4.78, 5) is 42.2. The quantitative estimate of drug-likeness (QED) is 0.498. The highest BCUT2D eigenvalue weighted by molar-refractivity contribution is 6.29. The second-order valence-corrected chi connectivity index (χ2v) is 7.25. The fraction of sp³-hybridized carbons (Fsp3) is 0.182. The Labute approximate surface area is 177 Å². The van der Waals surface area contributed by atoms with Crippen LogP contribution in [0.1, 0.15) is 23.2 Å². The molecule has 0 bridgehead atoms. The molecule has 1 aliphatic rings. The highest BCUT2D eigenvalue weighted by Crippen LogP contribution is 2.24. The van der Waals surface area contributed by atoms with Crippen molar-refractivity contribution in [3.05, 3.63) is 65.3 Å². The summed E-state index contributed by atoms with van der Waals surface area (Å²) in [7, 11) is 0. The van der Waals surface area contributed by atoms with Crippen molar-refractivity contribution in [3.8, 4) is 0 Å². The Bertz CT molecular complexity index is 1150. The van der Waals surface area contributed by atoms with Gasteiger partial charge in [0.1, 0.15) is 5.15 Å². The van der Waals surface area contributed by atoms with Crippen molar-refractivity contribution in [3.63, 3.8) is 0 Å². The molecule has 1 N–H and O–H groups in total. The van der Waals surface area contributed by atoms with E-state index in [2.05, 4.69) is 10.3 Å². The number of benzene rings is 2. The molecule has 0 spiro atoms. The number of aromatic nitrogens is 1. The largest absolute Gasteiger partial charge is 0.452 e. The summed E-state index contributed by atoms with van der Waals surface area (Å²) >= 11 is 5.86. The lowest BCUT2D eigenvalue weighted by atomic mass is 10.1. The third kappa shape index (κ3) is 4.41. The van der Waals surface area contributed by atoms with Crippen molar-refractivity contribution in [2.24, 2.45) is 0 Å². The molecule has 1 fully saturated rings. The van der Waals surface area contributed by atoms with E-state index in [0.717, 1.165) is 17.5 Å². The second-order valence-electron chi connectivity index (χ2n) is 6.87. The Hall–Kier alpha value is -3.45. The average Bonchev–Trinajstić information content (AvgIpc) is 3.17. The molecule has 4 rings (SSSR count). The Kier molecular flexibility index (Phi) is 5.63. The number of pyridine rings is 1. The van der Waals surface area contributed by atoms with E-state index in [9.17, 15) is 14.4 Å². The molecule has 1 aromatic heterocycles. The van der Waals surface area contributed by atoms with Gasteiger partial charge in [0, 0.05) is 29.7 Å². The minimum atomic E-state index is -0.613. The van der Waals surface area contributed by atoms with E-state index in [-0.39, 0.29) is 5.91 Å². The number of ether oxygens (including phenoxy) is 1. The van der Waals surface area contributed by atoms with Gasteiger partial charge >= 0.3 is 5.97 Å². The van der Waals surface area contributed by atoms with E-state index in [1.807, 2.05) is 6.07 Å². The van der Waals surface area contributed by atoms with Crippen molar-refractivity contribution < 1.29 is 19.1 Å². The zero-order valence-corrected chi connectivity index (χ0v) is 16.7. The van der Waals surface area contributed by atoms with E-state index in [0.29, 0.717) is 34.9 Å². The van der Waals surface area contributed by atoms with Gasteiger partial charge in [-0.3, -0.25) is 9.59 Å². The predicted molar refractivity (Wildman–Crippen MR) is 114 cm³/mol. The summed E-state index contributed by atoms with van der Waals surface area (Å²) in [5.74, 6) is -1.01. The lowest BCUT2D eigenvalue weighted by Gasteiger charge is -2.16. The van der Waals surface area contributed by atoms with Crippen LogP contribution < -0.4 is 10.2 Å². The minimum Gasteiger partial charge on any atom is -0.452 e. The summed E-state index contributed by atoms with van der Waals surface area (Å²) in [5, 5.41) is 3.79. The molecule has 1 aliphatic heterocycles. The van der Waals surface area contributed by atoms with E-state index < -0.39 is 18.5 Å². The number of carbonyl (C=O) groups is 3. The molecule has 2 amide bonds. The summed E-state index contributed by atoms with van der Waals surface area (Å²) in [5.41, 5.74) is 2.24. The van der Waals surface area contributed by atoms with Crippen LogP contribution in [0.3, 0.4) is 0 Å². The number of rotatable bonds is 5. The van der Waals surface area contributed by atoms with Crippen molar-refractivity contribution in [2.75, 3.05) is 23.4 Å². The Morgan fingerprint density at radius 2 is 2.00 bits per heavy atom. The number of hydrogen-bond donors (Lipinski definition) is 1. The van der Waals surface area contributed by atoms with Gasteiger partial charge in [-0.1, -0.05) is 17.7 Å². The number of esters is 1. The van der Waals surface area contributed by atoms with Crippen LogP contribution in [0.25, 0.3) is 10.9 Å². The van der Waals surface area contributed by atoms with Gasteiger partial charge in [-0.15, -0.1) is 0 Å². The van der Waals surface area contributed by atoms with Crippen LogP contribution >= 0.6 is 11.6 Å². The van der Waals surface area contributed by atoms with Gasteiger partial charge in [0.05, 0.1) is 11.1 Å². The van der Waals surface area contributed by atoms with Crippen LogP contribution in [0.4, 0.5) is 11.4 Å². The lowest BCUT2D eigenvalue weighted by Crippen LogP contribution is -2.24. The first kappa shape index (κ1) is 19.8. The fourth-order valence-corrected chi connectivity index (χ4v) is 3.47. The van der Waals surface area contributed by atoms with Gasteiger partial charge in [-0.2, -0.15) is 0 Å². The Morgan fingerprint density at radius 3 is 2.80 bits per heavy atom. The molecule has 0 saturated carbocycles. The molecule has 152 valence electrons. The second kappa shape index (κ2) is 8.51. The van der Waals surface area contributed by atoms with Crippen LogP contribution in [0.2, 0.25) is 5.15 Å². The smallest absolute Gasteiger partial charge is 0.338 e. The molecular formula is C22H18ClN3O4. The molecule has 0 aliphatic carbocycles. The first-order valence-corrected chi connectivity index (χ1v) is 9.81. The van der Waals surface area contributed by atoms with Gasteiger partial charge in [-0.25, -0.2) is 9.78 Å². The van der Waals surface area contributed by atoms with Gasteiger partial charge in [0.2, 0.25) is 5.91 Å². The first-order chi connectivity index (χ1) is 14.5. The maximum absolute atomic E-state index is 12.3. The maximum Gasteiger partial charge on any atom is 0.338 e. The fourth-order valence-electron chi connectivity index (χ4n) is 3.31. The maximum atomic E-state index is 12.3. The highest BCUT2D eigenvalue weighted by Gasteiger charge is 2.22. The molecule has 0 radical (unpaired) electrons. The number of fused-ring (bicyclic) bond motifs is 1. The number of nitrogens with zero attached hydrogens (tertiary/aromatic N) is 2. The molecular weight excluding hydrogens is 406 g/mol. The molecule has 8 heteroatoms. The summed E-state index contributed by atoms with van der Waals surface area (Å²) < 4.78 is 5.12. The lowest BCUT2D eigenvalue weighted by molar-refractivity contribution is -0.119. The van der Waals surface area contributed by atoms with Gasteiger partial charge in [0.15, 0.2) is 6.61 Å². The number of carbonyl (C=O) groups excluding carboxylic acids is 3. The highest BCUT2D eigenvalue weighted by atomic mass is 35.5. The topological polar surface area (TPSA) is 88.6 Å². The van der Waals surface area contributed by atoms with Crippen molar-refractivity contribution in [1.82, 2.24) is 4.98 Å². The van der Waals surface area contributed by atoms with Crippen molar-refractivity contribution >= 4 is 51.7 Å². The third-order valence-corrected chi connectivity index (χ3v) is 4.95. The Morgan fingerprint density at radius 1 is 1.13 bits per heavy atom. The molecule has 3 aromatic rings. The molecule has 2 aromatic carbocycles. The van der Waals surface area contributed by atoms with Crippen molar-refractivity contribution in [1.29, 1.82) is 0 Å². The number of anilines is 2. The van der Waals surface area contributed by atoms with Crippen LogP contribution in [0, 0.1) is 0 Å².